The van der Waals surface area contributed by atoms with Gasteiger partial charge in [-0.1, -0.05) is 0 Å². The number of aromatic nitrogens is 2. The van der Waals surface area contributed by atoms with Crippen LogP contribution in [0.15, 0.2) is 6.20 Å². The average Bonchev–Trinajstić information content (AvgIpc) is 2.26. The van der Waals surface area contributed by atoms with Crippen LogP contribution in [0.5, 0.6) is 0 Å². The number of nitrogens with two attached hydrogens (primary N) is 1. The van der Waals surface area contributed by atoms with Crippen LogP contribution in [0.25, 0.3) is 0 Å². The summed E-state index contributed by atoms with van der Waals surface area (Å²) in [6, 6.07) is 0.191. The Morgan fingerprint density at radius 2 is 2.14 bits per heavy atom. The highest BCUT2D eigenvalue weighted by Gasteiger charge is 2.11. The van der Waals surface area contributed by atoms with Gasteiger partial charge in [0.2, 0.25) is 5.95 Å². The SMILES string of the molecule is CC(C)n1cc(CS(C)(=O)=O)nc1N. The summed E-state index contributed by atoms with van der Waals surface area (Å²) in [5, 5.41) is 0. The fourth-order valence-corrected chi connectivity index (χ4v) is 1.89. The first-order chi connectivity index (χ1) is 6.29. The molecule has 0 atom stereocenters. The van der Waals surface area contributed by atoms with Gasteiger partial charge in [0.25, 0.3) is 0 Å². The van der Waals surface area contributed by atoms with E-state index in [1.165, 1.54) is 6.26 Å². The molecule has 0 amide bonds. The van der Waals surface area contributed by atoms with Gasteiger partial charge in [-0.3, -0.25) is 0 Å². The lowest BCUT2D eigenvalue weighted by molar-refractivity contribution is 0.599. The lowest BCUT2D eigenvalue weighted by Gasteiger charge is -2.06. The summed E-state index contributed by atoms with van der Waals surface area (Å²) < 4.78 is 23.8. The Hall–Kier alpha value is -1.04. The van der Waals surface area contributed by atoms with E-state index in [1.807, 2.05) is 13.8 Å². The molecule has 6 heteroatoms. The van der Waals surface area contributed by atoms with E-state index in [0.29, 0.717) is 11.6 Å². The van der Waals surface area contributed by atoms with Gasteiger partial charge in [-0.2, -0.15) is 0 Å². The van der Waals surface area contributed by atoms with Crippen molar-refractivity contribution in [2.24, 2.45) is 0 Å². The third-order valence-electron chi connectivity index (χ3n) is 1.78. The Labute approximate surface area is 83.9 Å². The third-order valence-corrected chi connectivity index (χ3v) is 2.60. The molecule has 0 spiro atoms. The second-order valence-corrected chi connectivity index (χ2v) is 5.80. The Morgan fingerprint density at radius 3 is 2.50 bits per heavy atom. The van der Waals surface area contributed by atoms with Gasteiger partial charge in [-0.05, 0) is 13.8 Å². The Kier molecular flexibility index (Phi) is 2.84. The van der Waals surface area contributed by atoms with Crippen LogP contribution in [0, 0.1) is 0 Å². The zero-order valence-electron chi connectivity index (χ0n) is 8.56. The number of hydrogen-bond acceptors (Lipinski definition) is 4. The van der Waals surface area contributed by atoms with Gasteiger partial charge >= 0.3 is 0 Å². The van der Waals surface area contributed by atoms with E-state index in [2.05, 4.69) is 4.98 Å². The molecule has 0 aliphatic rings. The van der Waals surface area contributed by atoms with Gasteiger partial charge < -0.3 is 10.3 Å². The van der Waals surface area contributed by atoms with Crippen LogP contribution in [0.1, 0.15) is 25.6 Å². The molecule has 0 aliphatic carbocycles. The third kappa shape index (κ3) is 2.73. The van der Waals surface area contributed by atoms with Crippen molar-refractivity contribution in [1.29, 1.82) is 0 Å². The van der Waals surface area contributed by atoms with Crippen LogP contribution in [0.2, 0.25) is 0 Å². The van der Waals surface area contributed by atoms with Crippen LogP contribution in [0.3, 0.4) is 0 Å². The number of rotatable bonds is 3. The number of anilines is 1. The van der Waals surface area contributed by atoms with Crippen LogP contribution >= 0.6 is 0 Å². The van der Waals surface area contributed by atoms with Crippen molar-refractivity contribution >= 4 is 15.8 Å². The van der Waals surface area contributed by atoms with Crippen LogP contribution in [-0.4, -0.2) is 24.2 Å². The van der Waals surface area contributed by atoms with Crippen molar-refractivity contribution in [3.8, 4) is 0 Å². The molecule has 2 N–H and O–H groups in total. The maximum absolute atomic E-state index is 11.0. The molecule has 1 aromatic rings. The molecule has 1 aromatic heterocycles. The molecule has 0 bridgehead atoms. The van der Waals surface area contributed by atoms with Gasteiger partial charge in [-0.15, -0.1) is 0 Å². The molecule has 0 radical (unpaired) electrons. The molecule has 0 saturated carbocycles. The molecular formula is C8H15N3O2S. The predicted octanol–water partition coefficient (Wildman–Crippen LogP) is 0.591. The number of nitrogens with zero attached hydrogens (tertiary/aromatic N) is 2. The molecule has 1 rings (SSSR count). The van der Waals surface area contributed by atoms with Crippen molar-refractivity contribution in [1.82, 2.24) is 9.55 Å². The fraction of sp³-hybridized carbons (Fsp3) is 0.625. The molecule has 0 aliphatic heterocycles. The Morgan fingerprint density at radius 1 is 1.57 bits per heavy atom. The van der Waals surface area contributed by atoms with Gasteiger partial charge in [0, 0.05) is 18.5 Å². The average molecular weight is 217 g/mol. The summed E-state index contributed by atoms with van der Waals surface area (Å²) in [7, 11) is -3.04. The molecule has 0 aromatic carbocycles. The van der Waals surface area contributed by atoms with E-state index in [4.69, 9.17) is 5.73 Å². The van der Waals surface area contributed by atoms with Crippen molar-refractivity contribution in [2.75, 3.05) is 12.0 Å². The number of hydrogen-bond donors (Lipinski definition) is 1. The highest BCUT2D eigenvalue weighted by atomic mass is 32.2. The topological polar surface area (TPSA) is 78.0 Å². The van der Waals surface area contributed by atoms with E-state index in [9.17, 15) is 8.42 Å². The monoisotopic (exact) mass is 217 g/mol. The highest BCUT2D eigenvalue weighted by molar-refractivity contribution is 7.89. The van der Waals surface area contributed by atoms with E-state index in [1.54, 1.807) is 10.8 Å². The van der Waals surface area contributed by atoms with Crippen molar-refractivity contribution in [3.63, 3.8) is 0 Å². The number of imidazole rings is 1. The highest BCUT2D eigenvalue weighted by Crippen LogP contribution is 2.14. The van der Waals surface area contributed by atoms with E-state index in [0.717, 1.165) is 0 Å². The van der Waals surface area contributed by atoms with Crippen molar-refractivity contribution in [3.05, 3.63) is 11.9 Å². The van der Waals surface area contributed by atoms with Crippen molar-refractivity contribution < 1.29 is 8.42 Å². The molecule has 80 valence electrons. The predicted molar refractivity (Wildman–Crippen MR) is 55.6 cm³/mol. The van der Waals surface area contributed by atoms with Crippen LogP contribution < -0.4 is 5.73 Å². The summed E-state index contributed by atoms with van der Waals surface area (Å²) in [5.41, 5.74) is 6.12. The standard InChI is InChI=1S/C8H15N3O2S/c1-6(2)11-4-7(10-8(11)9)5-14(3,12)13/h4,6H,5H2,1-3H3,(H2,9,10). The molecule has 5 nitrogen and oxygen atoms in total. The van der Waals surface area contributed by atoms with Gasteiger partial charge in [0.05, 0.1) is 11.4 Å². The van der Waals surface area contributed by atoms with E-state index < -0.39 is 9.84 Å². The first-order valence-corrected chi connectivity index (χ1v) is 6.36. The normalized spacial score (nSPS) is 12.3. The quantitative estimate of drug-likeness (QED) is 0.803. The summed E-state index contributed by atoms with van der Waals surface area (Å²) in [4.78, 5) is 3.98. The molecule has 14 heavy (non-hydrogen) atoms. The summed E-state index contributed by atoms with van der Waals surface area (Å²) in [6.45, 7) is 3.92. The van der Waals surface area contributed by atoms with Gasteiger partial charge in [0.15, 0.2) is 9.84 Å². The maximum Gasteiger partial charge on any atom is 0.200 e. The van der Waals surface area contributed by atoms with Crippen molar-refractivity contribution in [2.45, 2.75) is 25.6 Å². The molecular weight excluding hydrogens is 202 g/mol. The minimum atomic E-state index is -3.04. The maximum atomic E-state index is 11.0. The summed E-state index contributed by atoms with van der Waals surface area (Å²) in [6.07, 6.45) is 2.86. The second kappa shape index (κ2) is 3.61. The van der Waals surface area contributed by atoms with Gasteiger partial charge in [0.1, 0.15) is 0 Å². The summed E-state index contributed by atoms with van der Waals surface area (Å²) in [5.74, 6) is 0.301. The van der Waals surface area contributed by atoms with Crippen LogP contribution in [0.4, 0.5) is 5.95 Å². The fourth-order valence-electron chi connectivity index (χ4n) is 1.21. The minimum absolute atomic E-state index is 0.0586. The van der Waals surface area contributed by atoms with Gasteiger partial charge in [-0.25, -0.2) is 13.4 Å². The first-order valence-electron chi connectivity index (χ1n) is 4.30. The van der Waals surface area contributed by atoms with E-state index >= 15 is 0 Å². The second-order valence-electron chi connectivity index (χ2n) is 3.66. The first kappa shape index (κ1) is 11.0. The Bertz CT molecular complexity index is 420. The molecule has 0 saturated heterocycles. The molecule has 0 unspecified atom stereocenters. The Balaban J connectivity index is 2.98. The molecule has 1 heterocycles. The van der Waals surface area contributed by atoms with Crippen LogP contribution in [-0.2, 0) is 15.6 Å². The lowest BCUT2D eigenvalue weighted by atomic mass is 10.4. The minimum Gasteiger partial charge on any atom is -0.369 e. The van der Waals surface area contributed by atoms with E-state index in [-0.39, 0.29) is 11.8 Å². The number of nitrogen functional groups attached to an aromatic ring is 1. The lowest BCUT2D eigenvalue weighted by Crippen LogP contribution is -2.03. The number of sulfone groups is 1. The summed E-state index contributed by atoms with van der Waals surface area (Å²) >= 11 is 0. The zero-order chi connectivity index (χ0) is 10.9. The molecule has 0 fully saturated rings. The largest absolute Gasteiger partial charge is 0.369 e. The smallest absolute Gasteiger partial charge is 0.200 e. The zero-order valence-corrected chi connectivity index (χ0v) is 9.37.